The molecule has 0 unspecified atom stereocenters. The number of ether oxygens (including phenoxy) is 1. The maximum Gasteiger partial charge on any atom is 0.223 e. The molecule has 0 amide bonds. The number of pyridine rings is 1. The molecule has 4 rings (SSSR count). The van der Waals surface area contributed by atoms with Gasteiger partial charge in [-0.05, 0) is 43.2 Å². The third-order valence-corrected chi connectivity index (χ3v) is 5.79. The zero-order valence-electron chi connectivity index (χ0n) is 16.5. The molecule has 3 heterocycles. The standard InChI is InChI=1S/C22H23Cl2N5O/c23-19-4-3-18(14-20(19)24)30-17-6-11-29(12-7-17)13-10-27-22-26-9-5-21(28-22)16-2-1-8-25-15-16/h1-5,8-9,14-15,17H,6-7,10-13H2,(H,26,27,28). The van der Waals surface area contributed by atoms with Crippen LogP contribution in [0.25, 0.3) is 11.3 Å². The highest BCUT2D eigenvalue weighted by Gasteiger charge is 2.20. The van der Waals surface area contributed by atoms with Crippen LogP contribution in [-0.2, 0) is 0 Å². The monoisotopic (exact) mass is 443 g/mol. The molecule has 30 heavy (non-hydrogen) atoms. The Bertz CT molecular complexity index is 965. The summed E-state index contributed by atoms with van der Waals surface area (Å²) in [4.78, 5) is 15.5. The van der Waals surface area contributed by atoms with Gasteiger partial charge in [0.2, 0.25) is 5.95 Å². The van der Waals surface area contributed by atoms with Gasteiger partial charge in [-0.25, -0.2) is 9.97 Å². The third-order valence-electron chi connectivity index (χ3n) is 5.05. The molecule has 1 aliphatic rings. The number of nitrogens with zero attached hydrogens (tertiary/aromatic N) is 4. The molecule has 1 aliphatic heterocycles. The van der Waals surface area contributed by atoms with E-state index < -0.39 is 0 Å². The highest BCUT2D eigenvalue weighted by molar-refractivity contribution is 6.42. The lowest BCUT2D eigenvalue weighted by Crippen LogP contribution is -2.40. The van der Waals surface area contributed by atoms with Gasteiger partial charge in [-0.2, -0.15) is 0 Å². The van der Waals surface area contributed by atoms with Gasteiger partial charge in [0, 0.05) is 56.4 Å². The van der Waals surface area contributed by atoms with Gasteiger partial charge in [0.05, 0.1) is 15.7 Å². The Morgan fingerprint density at radius 3 is 2.70 bits per heavy atom. The van der Waals surface area contributed by atoms with Crippen molar-refractivity contribution in [1.29, 1.82) is 0 Å². The summed E-state index contributed by atoms with van der Waals surface area (Å²) >= 11 is 12.0. The minimum Gasteiger partial charge on any atom is -0.490 e. The van der Waals surface area contributed by atoms with Crippen LogP contribution in [0.2, 0.25) is 10.0 Å². The van der Waals surface area contributed by atoms with Crippen molar-refractivity contribution in [2.75, 3.05) is 31.5 Å². The van der Waals surface area contributed by atoms with Crippen molar-refractivity contribution in [2.45, 2.75) is 18.9 Å². The van der Waals surface area contributed by atoms with Crippen molar-refractivity contribution in [3.8, 4) is 17.0 Å². The summed E-state index contributed by atoms with van der Waals surface area (Å²) in [6, 6.07) is 11.2. The minimum atomic E-state index is 0.200. The number of halogens is 2. The van der Waals surface area contributed by atoms with Gasteiger partial charge in [0.15, 0.2) is 0 Å². The van der Waals surface area contributed by atoms with Gasteiger partial charge < -0.3 is 15.0 Å². The lowest BCUT2D eigenvalue weighted by atomic mass is 10.1. The fraction of sp³-hybridized carbons (Fsp3) is 0.318. The van der Waals surface area contributed by atoms with Crippen LogP contribution in [-0.4, -0.2) is 52.1 Å². The van der Waals surface area contributed by atoms with Crippen LogP contribution < -0.4 is 10.1 Å². The SMILES string of the molecule is Clc1ccc(OC2CCN(CCNc3nccc(-c4cccnc4)n3)CC2)cc1Cl. The smallest absolute Gasteiger partial charge is 0.223 e. The molecule has 0 aliphatic carbocycles. The molecule has 0 atom stereocenters. The van der Waals surface area contributed by atoms with Gasteiger partial charge >= 0.3 is 0 Å². The van der Waals surface area contributed by atoms with Gasteiger partial charge in [-0.3, -0.25) is 4.98 Å². The number of likely N-dealkylation sites (tertiary alicyclic amines) is 1. The molecule has 1 N–H and O–H groups in total. The summed E-state index contributed by atoms with van der Waals surface area (Å²) in [5.41, 5.74) is 1.84. The Labute approximate surface area is 186 Å². The van der Waals surface area contributed by atoms with E-state index in [4.69, 9.17) is 27.9 Å². The Kier molecular flexibility index (Phi) is 7.00. The first-order valence-electron chi connectivity index (χ1n) is 9.99. The first-order valence-corrected chi connectivity index (χ1v) is 10.7. The van der Waals surface area contributed by atoms with Crippen LogP contribution in [0.5, 0.6) is 5.75 Å². The molecular weight excluding hydrogens is 421 g/mol. The molecule has 0 spiro atoms. The average Bonchev–Trinajstić information content (AvgIpc) is 2.78. The van der Waals surface area contributed by atoms with E-state index in [1.54, 1.807) is 30.7 Å². The third kappa shape index (κ3) is 5.59. The highest BCUT2D eigenvalue weighted by atomic mass is 35.5. The van der Waals surface area contributed by atoms with Crippen LogP contribution >= 0.6 is 23.2 Å². The summed E-state index contributed by atoms with van der Waals surface area (Å²) < 4.78 is 6.06. The van der Waals surface area contributed by atoms with Crippen molar-refractivity contribution in [1.82, 2.24) is 19.9 Å². The first-order chi connectivity index (χ1) is 14.7. The fourth-order valence-corrected chi connectivity index (χ4v) is 3.73. The Morgan fingerprint density at radius 2 is 1.93 bits per heavy atom. The van der Waals surface area contributed by atoms with Crippen molar-refractivity contribution in [3.63, 3.8) is 0 Å². The summed E-state index contributed by atoms with van der Waals surface area (Å²) in [5, 5.41) is 4.39. The van der Waals surface area contributed by atoms with E-state index in [9.17, 15) is 0 Å². The summed E-state index contributed by atoms with van der Waals surface area (Å²) in [7, 11) is 0. The highest BCUT2D eigenvalue weighted by Crippen LogP contribution is 2.28. The normalized spacial score (nSPS) is 15.1. The van der Waals surface area contributed by atoms with Gasteiger partial charge in [-0.1, -0.05) is 23.2 Å². The molecule has 2 aromatic heterocycles. The fourth-order valence-electron chi connectivity index (χ4n) is 3.44. The van der Waals surface area contributed by atoms with Crippen LogP contribution in [0, 0.1) is 0 Å². The zero-order chi connectivity index (χ0) is 20.8. The zero-order valence-corrected chi connectivity index (χ0v) is 18.0. The van der Waals surface area contributed by atoms with Crippen LogP contribution in [0.4, 0.5) is 5.95 Å². The summed E-state index contributed by atoms with van der Waals surface area (Å²) in [6.45, 7) is 3.70. The number of rotatable bonds is 7. The molecule has 6 nitrogen and oxygen atoms in total. The second-order valence-corrected chi connectivity index (χ2v) is 7.98. The molecule has 0 saturated carbocycles. The van der Waals surface area contributed by atoms with Crippen LogP contribution in [0.15, 0.2) is 55.0 Å². The lowest BCUT2D eigenvalue weighted by Gasteiger charge is -2.32. The Balaban J connectivity index is 1.21. The average molecular weight is 444 g/mol. The number of hydrogen-bond donors (Lipinski definition) is 1. The summed E-state index contributed by atoms with van der Waals surface area (Å²) in [5.74, 6) is 1.41. The maximum absolute atomic E-state index is 6.07. The number of hydrogen-bond acceptors (Lipinski definition) is 6. The molecule has 3 aromatic rings. The van der Waals surface area contributed by atoms with E-state index in [1.807, 2.05) is 24.3 Å². The lowest BCUT2D eigenvalue weighted by molar-refractivity contribution is 0.103. The first kappa shape index (κ1) is 20.8. The minimum absolute atomic E-state index is 0.200. The van der Waals surface area contributed by atoms with E-state index in [0.29, 0.717) is 16.0 Å². The molecular formula is C22H23Cl2N5O. The van der Waals surface area contributed by atoms with E-state index in [-0.39, 0.29) is 6.10 Å². The van der Waals surface area contributed by atoms with Gasteiger partial charge in [0.25, 0.3) is 0 Å². The number of anilines is 1. The number of aromatic nitrogens is 3. The largest absolute Gasteiger partial charge is 0.490 e. The van der Waals surface area contributed by atoms with Gasteiger partial charge in [-0.15, -0.1) is 0 Å². The predicted octanol–water partition coefficient (Wildman–Crippen LogP) is 4.80. The second-order valence-electron chi connectivity index (χ2n) is 7.17. The van der Waals surface area contributed by atoms with Crippen molar-refractivity contribution in [3.05, 3.63) is 65.0 Å². The van der Waals surface area contributed by atoms with Crippen LogP contribution in [0.1, 0.15) is 12.8 Å². The van der Waals surface area contributed by atoms with E-state index in [0.717, 1.165) is 56.0 Å². The van der Waals surface area contributed by atoms with Crippen molar-refractivity contribution in [2.24, 2.45) is 0 Å². The quantitative estimate of drug-likeness (QED) is 0.565. The Morgan fingerprint density at radius 1 is 1.07 bits per heavy atom. The number of piperidine rings is 1. The molecule has 8 heteroatoms. The number of nitrogens with one attached hydrogen (secondary N) is 1. The Hall–Kier alpha value is -2.41. The molecule has 1 fully saturated rings. The maximum atomic E-state index is 6.07. The van der Waals surface area contributed by atoms with Crippen molar-refractivity contribution < 1.29 is 4.74 Å². The molecule has 0 bridgehead atoms. The second kappa shape index (κ2) is 10.1. The molecule has 1 saturated heterocycles. The molecule has 1 aromatic carbocycles. The van der Waals surface area contributed by atoms with E-state index in [1.165, 1.54) is 0 Å². The topological polar surface area (TPSA) is 63.2 Å². The van der Waals surface area contributed by atoms with Crippen molar-refractivity contribution >= 4 is 29.2 Å². The molecule has 156 valence electrons. The van der Waals surface area contributed by atoms with E-state index in [2.05, 4.69) is 25.2 Å². The summed E-state index contributed by atoms with van der Waals surface area (Å²) in [6.07, 6.45) is 7.48. The predicted molar refractivity (Wildman–Crippen MR) is 120 cm³/mol. The molecule has 0 radical (unpaired) electrons. The van der Waals surface area contributed by atoms with E-state index >= 15 is 0 Å². The van der Waals surface area contributed by atoms with Crippen LogP contribution in [0.3, 0.4) is 0 Å². The van der Waals surface area contributed by atoms with Gasteiger partial charge in [0.1, 0.15) is 11.9 Å². The number of benzene rings is 1.